The van der Waals surface area contributed by atoms with Gasteiger partial charge in [-0.3, -0.25) is 14.6 Å². The highest BCUT2D eigenvalue weighted by Crippen LogP contribution is 2.31. The number of amides is 2. The van der Waals surface area contributed by atoms with Gasteiger partial charge in [0.05, 0.1) is 11.3 Å². The van der Waals surface area contributed by atoms with Crippen molar-refractivity contribution >= 4 is 28.9 Å². The van der Waals surface area contributed by atoms with E-state index < -0.39 is 11.7 Å². The third-order valence-corrected chi connectivity index (χ3v) is 5.72. The van der Waals surface area contributed by atoms with E-state index in [-0.39, 0.29) is 23.4 Å². The van der Waals surface area contributed by atoms with E-state index in [0.29, 0.717) is 36.2 Å². The van der Waals surface area contributed by atoms with Crippen LogP contribution < -0.4 is 0 Å². The van der Waals surface area contributed by atoms with Gasteiger partial charge >= 0.3 is 6.18 Å². The molecule has 168 valence electrons. The molecule has 5 rings (SSSR count). The predicted molar refractivity (Wildman–Crippen MR) is 111 cm³/mol. The first kappa shape index (κ1) is 20.9. The van der Waals surface area contributed by atoms with Crippen molar-refractivity contribution in [2.24, 2.45) is 5.92 Å². The van der Waals surface area contributed by atoms with Gasteiger partial charge in [0.2, 0.25) is 5.91 Å². The summed E-state index contributed by atoms with van der Waals surface area (Å²) in [5.41, 5.74) is 2.20. The molecule has 2 amide bonds. The van der Waals surface area contributed by atoms with Gasteiger partial charge in [-0.05, 0) is 42.0 Å². The molecule has 2 aliphatic heterocycles. The Morgan fingerprint density at radius 1 is 1.09 bits per heavy atom. The topological polar surface area (TPSA) is 95.1 Å². The van der Waals surface area contributed by atoms with Crippen LogP contribution in [0.5, 0.6) is 0 Å². The summed E-state index contributed by atoms with van der Waals surface area (Å²) in [6.07, 6.45) is 0.758. The van der Waals surface area contributed by atoms with E-state index in [2.05, 4.69) is 20.4 Å². The van der Waals surface area contributed by atoms with Gasteiger partial charge in [0.1, 0.15) is 11.0 Å². The van der Waals surface area contributed by atoms with Crippen LogP contribution in [-0.2, 0) is 11.0 Å². The molecule has 33 heavy (non-hydrogen) atoms. The van der Waals surface area contributed by atoms with Gasteiger partial charge in [-0.25, -0.2) is 0 Å². The summed E-state index contributed by atoms with van der Waals surface area (Å²) in [7, 11) is 0. The number of rotatable bonds is 3. The number of nitrogens with zero attached hydrogens (tertiary/aromatic N) is 5. The summed E-state index contributed by atoms with van der Waals surface area (Å²) in [4.78, 5) is 32.4. The highest BCUT2D eigenvalue weighted by atomic mass is 19.4. The Bertz CT molecular complexity index is 1300. The molecule has 2 aliphatic rings. The molecule has 1 fully saturated rings. The molecule has 0 bridgehead atoms. The Kier molecular flexibility index (Phi) is 4.95. The Morgan fingerprint density at radius 2 is 1.91 bits per heavy atom. The van der Waals surface area contributed by atoms with Crippen LogP contribution in [0.15, 0.2) is 54.4 Å². The Hall–Kier alpha value is -4.02. The maximum atomic E-state index is 12.9. The lowest BCUT2D eigenvalue weighted by molar-refractivity contribution is -0.137. The molecule has 3 aromatic rings. The molecule has 11 heteroatoms. The Morgan fingerprint density at radius 3 is 2.64 bits per heavy atom. The second-order valence-electron chi connectivity index (χ2n) is 7.91. The fourth-order valence-electron chi connectivity index (χ4n) is 3.99. The third kappa shape index (κ3) is 4.09. The SMILES string of the molecule is O=C(c1ccc2n[nH]nc2c1)N1C=C2CN(C(=O)C=Cc3ccc(C(F)(F)F)cn3)C[C@@H]2C1. The minimum atomic E-state index is -4.45. The molecular weight excluding hydrogens is 437 g/mol. The summed E-state index contributed by atoms with van der Waals surface area (Å²) < 4.78 is 37.9. The second-order valence-corrected chi connectivity index (χ2v) is 7.91. The summed E-state index contributed by atoms with van der Waals surface area (Å²) in [6, 6.07) is 7.26. The number of hydrogen-bond acceptors (Lipinski definition) is 5. The van der Waals surface area contributed by atoms with Crippen LogP contribution in [0.3, 0.4) is 0 Å². The first-order chi connectivity index (χ1) is 15.8. The summed E-state index contributed by atoms with van der Waals surface area (Å²) >= 11 is 0. The zero-order valence-electron chi connectivity index (χ0n) is 17.1. The Labute approximate surface area is 185 Å². The number of carbonyl (C=O) groups excluding carboxylic acids is 2. The molecule has 0 spiro atoms. The van der Waals surface area contributed by atoms with Crippen molar-refractivity contribution in [3.63, 3.8) is 0 Å². The quantitative estimate of drug-likeness (QED) is 0.614. The minimum absolute atomic E-state index is 0.0475. The van der Waals surface area contributed by atoms with Crippen molar-refractivity contribution < 1.29 is 22.8 Å². The van der Waals surface area contributed by atoms with Crippen molar-refractivity contribution in [3.8, 4) is 0 Å². The van der Waals surface area contributed by atoms with E-state index >= 15 is 0 Å². The van der Waals surface area contributed by atoms with Crippen LogP contribution in [0, 0.1) is 5.92 Å². The van der Waals surface area contributed by atoms with Gasteiger partial charge in [-0.2, -0.15) is 28.6 Å². The molecule has 2 aromatic heterocycles. The number of likely N-dealkylation sites (tertiary alicyclic amines) is 1. The fraction of sp³-hybridized carbons (Fsp3) is 0.227. The van der Waals surface area contributed by atoms with Crippen molar-refractivity contribution in [1.29, 1.82) is 0 Å². The fourth-order valence-corrected chi connectivity index (χ4v) is 3.99. The van der Waals surface area contributed by atoms with Crippen molar-refractivity contribution in [1.82, 2.24) is 30.2 Å². The van der Waals surface area contributed by atoms with Gasteiger partial charge in [-0.1, -0.05) is 0 Å². The Balaban J connectivity index is 1.21. The number of aromatic nitrogens is 4. The molecule has 1 saturated heterocycles. The summed E-state index contributed by atoms with van der Waals surface area (Å²) in [5, 5.41) is 10.5. The molecule has 0 aliphatic carbocycles. The van der Waals surface area contributed by atoms with E-state index in [1.54, 1.807) is 34.2 Å². The van der Waals surface area contributed by atoms with E-state index in [1.807, 2.05) is 0 Å². The van der Waals surface area contributed by atoms with E-state index in [4.69, 9.17) is 0 Å². The van der Waals surface area contributed by atoms with Gasteiger partial charge in [0.25, 0.3) is 5.91 Å². The molecular formula is C22H17F3N6O2. The molecule has 1 atom stereocenters. The van der Waals surface area contributed by atoms with Crippen LogP contribution in [0.2, 0.25) is 0 Å². The van der Waals surface area contributed by atoms with Crippen LogP contribution in [0.25, 0.3) is 17.1 Å². The lowest BCUT2D eigenvalue weighted by Crippen LogP contribution is -2.32. The van der Waals surface area contributed by atoms with Gasteiger partial charge in [-0.15, -0.1) is 0 Å². The summed E-state index contributed by atoms with van der Waals surface area (Å²) in [6.45, 7) is 1.32. The highest BCUT2D eigenvalue weighted by Gasteiger charge is 2.37. The zero-order chi connectivity index (χ0) is 23.2. The largest absolute Gasteiger partial charge is 0.417 e. The van der Waals surface area contributed by atoms with Crippen LogP contribution >= 0.6 is 0 Å². The number of halogens is 3. The van der Waals surface area contributed by atoms with E-state index in [0.717, 1.165) is 17.8 Å². The van der Waals surface area contributed by atoms with Crippen molar-refractivity contribution in [2.75, 3.05) is 19.6 Å². The normalized spacial score (nSPS) is 18.3. The van der Waals surface area contributed by atoms with Crippen LogP contribution in [-0.4, -0.2) is 61.6 Å². The number of benzene rings is 1. The minimum Gasteiger partial charge on any atom is -0.334 e. The van der Waals surface area contributed by atoms with Gasteiger partial charge < -0.3 is 9.80 Å². The molecule has 0 unspecified atom stereocenters. The van der Waals surface area contributed by atoms with Crippen LogP contribution in [0.1, 0.15) is 21.6 Å². The number of hydrogen-bond donors (Lipinski definition) is 1. The lowest BCUT2D eigenvalue weighted by Gasteiger charge is -2.19. The maximum Gasteiger partial charge on any atom is 0.417 e. The number of fused-ring (bicyclic) bond motifs is 2. The third-order valence-electron chi connectivity index (χ3n) is 5.72. The second kappa shape index (κ2) is 7.84. The molecule has 0 radical (unpaired) electrons. The maximum absolute atomic E-state index is 12.9. The molecule has 4 heterocycles. The van der Waals surface area contributed by atoms with Crippen LogP contribution in [0.4, 0.5) is 13.2 Å². The number of carbonyl (C=O) groups is 2. The van der Waals surface area contributed by atoms with Crippen molar-refractivity contribution in [3.05, 3.63) is 71.2 Å². The van der Waals surface area contributed by atoms with E-state index in [9.17, 15) is 22.8 Å². The number of aromatic amines is 1. The number of pyridine rings is 1. The summed E-state index contributed by atoms with van der Waals surface area (Å²) in [5.74, 6) is -0.361. The van der Waals surface area contributed by atoms with Gasteiger partial charge in [0.15, 0.2) is 0 Å². The zero-order valence-corrected chi connectivity index (χ0v) is 17.1. The van der Waals surface area contributed by atoms with E-state index in [1.165, 1.54) is 18.2 Å². The van der Waals surface area contributed by atoms with Crippen molar-refractivity contribution in [2.45, 2.75) is 6.18 Å². The lowest BCUT2D eigenvalue weighted by atomic mass is 10.1. The number of alkyl halides is 3. The molecule has 1 N–H and O–H groups in total. The average molecular weight is 454 g/mol. The molecule has 1 aromatic carbocycles. The molecule has 8 nitrogen and oxygen atoms in total. The highest BCUT2D eigenvalue weighted by molar-refractivity contribution is 5.98. The number of nitrogens with one attached hydrogen (secondary N) is 1. The first-order valence-corrected chi connectivity index (χ1v) is 10.1. The first-order valence-electron chi connectivity index (χ1n) is 10.1. The standard InChI is InChI=1S/C22H17F3N6O2/c23-22(24,25)16-2-3-17(26-8-16)4-6-20(32)30-9-14-11-31(12-15(14)10-30)21(33)13-1-5-18-19(7-13)28-29-27-18/h1-8,11,15H,9-10,12H2,(H,27,28,29)/t15-/m1/s1. The molecule has 0 saturated carbocycles. The smallest absolute Gasteiger partial charge is 0.334 e. The predicted octanol–water partition coefficient (Wildman–Crippen LogP) is 2.88. The monoisotopic (exact) mass is 454 g/mol. The van der Waals surface area contributed by atoms with Gasteiger partial charge in [0, 0.05) is 49.6 Å². The average Bonchev–Trinajstić information content (AvgIpc) is 3.50. The number of H-pyrrole nitrogens is 1.